The van der Waals surface area contributed by atoms with Crippen molar-refractivity contribution in [3.8, 4) is 0 Å². The highest BCUT2D eigenvalue weighted by molar-refractivity contribution is 14.1. The molecule has 1 aliphatic rings. The van der Waals surface area contributed by atoms with Crippen LogP contribution in [-0.2, 0) is 6.42 Å². The van der Waals surface area contributed by atoms with E-state index in [1.165, 1.54) is 11.3 Å². The molecule has 2 aromatic rings. The molecule has 0 saturated carbocycles. The third-order valence-corrected chi connectivity index (χ3v) is 5.34. The van der Waals surface area contributed by atoms with Crippen molar-refractivity contribution >= 4 is 45.8 Å². The molecule has 23 heavy (non-hydrogen) atoms. The topological polar surface area (TPSA) is 32.3 Å². The maximum Gasteiger partial charge on any atom is 0.252 e. The van der Waals surface area contributed by atoms with E-state index in [4.69, 9.17) is 11.6 Å². The van der Waals surface area contributed by atoms with Crippen molar-refractivity contribution < 1.29 is 4.79 Å². The zero-order valence-electron chi connectivity index (χ0n) is 12.9. The van der Waals surface area contributed by atoms with Gasteiger partial charge in [-0.3, -0.25) is 4.79 Å². The molecule has 2 aromatic carbocycles. The SMILES string of the molecule is CC1Cc2ccccc2N1CCNC(=O)c1cc(Cl)ccc1I. The van der Waals surface area contributed by atoms with Crippen molar-refractivity contribution in [3.05, 3.63) is 62.2 Å². The quantitative estimate of drug-likeness (QED) is 0.725. The molecule has 3 nitrogen and oxygen atoms in total. The highest BCUT2D eigenvalue weighted by Crippen LogP contribution is 2.31. The number of fused-ring (bicyclic) bond motifs is 1. The Morgan fingerprint density at radius 2 is 2.13 bits per heavy atom. The van der Waals surface area contributed by atoms with Gasteiger partial charge in [0.1, 0.15) is 0 Å². The predicted molar refractivity (Wildman–Crippen MR) is 103 cm³/mol. The van der Waals surface area contributed by atoms with Gasteiger partial charge in [-0.25, -0.2) is 0 Å². The number of hydrogen-bond donors (Lipinski definition) is 1. The molecule has 0 fully saturated rings. The molecule has 0 radical (unpaired) electrons. The Bertz CT molecular complexity index is 735. The second-order valence-corrected chi connectivity index (χ2v) is 7.35. The van der Waals surface area contributed by atoms with E-state index >= 15 is 0 Å². The maximum absolute atomic E-state index is 12.3. The van der Waals surface area contributed by atoms with Gasteiger partial charge in [0.05, 0.1) is 5.56 Å². The minimum atomic E-state index is -0.0722. The van der Waals surface area contributed by atoms with Gasteiger partial charge in [-0.1, -0.05) is 29.8 Å². The molecular formula is C18H18ClIN2O. The summed E-state index contributed by atoms with van der Waals surface area (Å²) in [4.78, 5) is 14.7. The number of hydrogen-bond acceptors (Lipinski definition) is 2. The molecule has 1 N–H and O–H groups in total. The molecule has 1 atom stereocenters. The first-order valence-electron chi connectivity index (χ1n) is 7.64. The van der Waals surface area contributed by atoms with Crippen molar-refractivity contribution in [2.75, 3.05) is 18.0 Å². The molecule has 3 rings (SSSR count). The van der Waals surface area contributed by atoms with E-state index in [1.807, 2.05) is 6.07 Å². The van der Waals surface area contributed by atoms with E-state index in [0.29, 0.717) is 23.2 Å². The standard InChI is InChI=1S/C18H18ClIN2O/c1-12-10-13-4-2-3-5-17(13)22(12)9-8-21-18(23)15-11-14(19)6-7-16(15)20/h2-7,11-12H,8-10H2,1H3,(H,21,23). The first-order valence-corrected chi connectivity index (χ1v) is 9.09. The molecule has 0 bridgehead atoms. The Balaban J connectivity index is 1.61. The summed E-state index contributed by atoms with van der Waals surface area (Å²) >= 11 is 8.14. The van der Waals surface area contributed by atoms with Gasteiger partial charge in [0.15, 0.2) is 0 Å². The van der Waals surface area contributed by atoms with Crippen LogP contribution in [0.15, 0.2) is 42.5 Å². The molecule has 120 valence electrons. The van der Waals surface area contributed by atoms with Gasteiger partial charge in [0, 0.05) is 33.4 Å². The lowest BCUT2D eigenvalue weighted by Crippen LogP contribution is -2.38. The number of amides is 1. The third kappa shape index (κ3) is 3.63. The Kier molecular flexibility index (Phi) is 5.11. The van der Waals surface area contributed by atoms with Gasteiger partial charge in [-0.15, -0.1) is 0 Å². The van der Waals surface area contributed by atoms with E-state index in [2.05, 4.69) is 64.0 Å². The first-order chi connectivity index (χ1) is 11.1. The summed E-state index contributed by atoms with van der Waals surface area (Å²) in [5.41, 5.74) is 3.30. The lowest BCUT2D eigenvalue weighted by atomic mass is 10.1. The number of para-hydroxylation sites is 1. The van der Waals surface area contributed by atoms with Gasteiger partial charge >= 0.3 is 0 Å². The summed E-state index contributed by atoms with van der Waals surface area (Å²) in [6.07, 6.45) is 1.07. The predicted octanol–water partition coefficient (Wildman–Crippen LogP) is 4.13. The number of benzene rings is 2. The van der Waals surface area contributed by atoms with Crippen LogP contribution in [0.2, 0.25) is 5.02 Å². The van der Waals surface area contributed by atoms with Crippen LogP contribution in [0.25, 0.3) is 0 Å². The summed E-state index contributed by atoms with van der Waals surface area (Å²) in [6.45, 7) is 3.64. The number of rotatable bonds is 4. The summed E-state index contributed by atoms with van der Waals surface area (Å²) < 4.78 is 0.907. The van der Waals surface area contributed by atoms with Crippen molar-refractivity contribution in [2.24, 2.45) is 0 Å². The fourth-order valence-electron chi connectivity index (χ4n) is 3.03. The second-order valence-electron chi connectivity index (χ2n) is 5.76. The van der Waals surface area contributed by atoms with E-state index in [0.717, 1.165) is 16.5 Å². The second kappa shape index (κ2) is 7.09. The lowest BCUT2D eigenvalue weighted by molar-refractivity contribution is 0.0953. The zero-order chi connectivity index (χ0) is 16.4. The van der Waals surface area contributed by atoms with E-state index in [9.17, 15) is 4.79 Å². The van der Waals surface area contributed by atoms with Crippen LogP contribution in [0.4, 0.5) is 5.69 Å². The van der Waals surface area contributed by atoms with Crippen molar-refractivity contribution in [1.82, 2.24) is 5.32 Å². The highest BCUT2D eigenvalue weighted by atomic mass is 127. The van der Waals surface area contributed by atoms with Crippen LogP contribution in [0, 0.1) is 3.57 Å². The Hall–Kier alpha value is -1.27. The van der Waals surface area contributed by atoms with Crippen LogP contribution in [-0.4, -0.2) is 25.0 Å². The average molecular weight is 441 g/mol. The summed E-state index contributed by atoms with van der Waals surface area (Å²) in [6, 6.07) is 14.3. The van der Waals surface area contributed by atoms with Gasteiger partial charge in [0.2, 0.25) is 0 Å². The molecule has 1 heterocycles. The first kappa shape index (κ1) is 16.6. The minimum Gasteiger partial charge on any atom is -0.367 e. The summed E-state index contributed by atoms with van der Waals surface area (Å²) in [5.74, 6) is -0.0722. The van der Waals surface area contributed by atoms with Gasteiger partial charge in [-0.2, -0.15) is 0 Å². The molecule has 1 amide bonds. The fourth-order valence-corrected chi connectivity index (χ4v) is 3.78. The molecule has 0 spiro atoms. The van der Waals surface area contributed by atoms with Crippen LogP contribution >= 0.6 is 34.2 Å². The van der Waals surface area contributed by atoms with Crippen LogP contribution in [0.5, 0.6) is 0 Å². The van der Waals surface area contributed by atoms with E-state index < -0.39 is 0 Å². The number of anilines is 1. The van der Waals surface area contributed by atoms with Gasteiger partial charge in [-0.05, 0) is 65.8 Å². The van der Waals surface area contributed by atoms with Crippen LogP contribution in [0.1, 0.15) is 22.8 Å². The number of halogens is 2. The molecule has 0 aromatic heterocycles. The number of nitrogens with one attached hydrogen (secondary N) is 1. The van der Waals surface area contributed by atoms with Gasteiger partial charge < -0.3 is 10.2 Å². The normalized spacial score (nSPS) is 16.3. The number of nitrogens with zero attached hydrogens (tertiary/aromatic N) is 1. The maximum atomic E-state index is 12.3. The molecular weight excluding hydrogens is 423 g/mol. The molecule has 0 aliphatic carbocycles. The fraction of sp³-hybridized carbons (Fsp3) is 0.278. The van der Waals surface area contributed by atoms with E-state index in [1.54, 1.807) is 12.1 Å². The van der Waals surface area contributed by atoms with Crippen molar-refractivity contribution in [1.29, 1.82) is 0 Å². The zero-order valence-corrected chi connectivity index (χ0v) is 15.8. The Morgan fingerprint density at radius 3 is 2.96 bits per heavy atom. The largest absolute Gasteiger partial charge is 0.367 e. The number of carbonyl (C=O) groups excluding carboxylic acids is 1. The van der Waals surface area contributed by atoms with Crippen molar-refractivity contribution in [3.63, 3.8) is 0 Å². The summed E-state index contributed by atoms with van der Waals surface area (Å²) in [7, 11) is 0. The average Bonchev–Trinajstić information content (AvgIpc) is 2.85. The minimum absolute atomic E-state index is 0.0722. The molecule has 0 saturated heterocycles. The molecule has 1 aliphatic heterocycles. The van der Waals surface area contributed by atoms with Crippen LogP contribution < -0.4 is 10.2 Å². The Labute approximate surface area is 155 Å². The number of carbonyl (C=O) groups is 1. The highest BCUT2D eigenvalue weighted by Gasteiger charge is 2.25. The van der Waals surface area contributed by atoms with Gasteiger partial charge in [0.25, 0.3) is 5.91 Å². The van der Waals surface area contributed by atoms with E-state index in [-0.39, 0.29) is 5.91 Å². The summed E-state index contributed by atoms with van der Waals surface area (Å²) in [5, 5.41) is 3.58. The Morgan fingerprint density at radius 1 is 1.35 bits per heavy atom. The molecule has 1 unspecified atom stereocenters. The smallest absolute Gasteiger partial charge is 0.252 e. The lowest BCUT2D eigenvalue weighted by Gasteiger charge is -2.25. The monoisotopic (exact) mass is 440 g/mol. The van der Waals surface area contributed by atoms with Crippen LogP contribution in [0.3, 0.4) is 0 Å². The van der Waals surface area contributed by atoms with Crippen molar-refractivity contribution in [2.45, 2.75) is 19.4 Å². The third-order valence-electron chi connectivity index (χ3n) is 4.16. The molecule has 5 heteroatoms.